The number of allylic oxidation sites excluding steroid dienone is 1. The Morgan fingerprint density at radius 1 is 0.960 bits per heavy atom. The Labute approximate surface area is 146 Å². The molecule has 0 spiro atoms. The van der Waals surface area contributed by atoms with Crippen LogP contribution in [0.2, 0.25) is 0 Å². The van der Waals surface area contributed by atoms with Crippen molar-refractivity contribution >= 4 is 0 Å². The molecule has 0 amide bonds. The average molecular weight is 338 g/mol. The molecule has 0 saturated carbocycles. The summed E-state index contributed by atoms with van der Waals surface area (Å²) in [4.78, 5) is 0. The van der Waals surface area contributed by atoms with Gasteiger partial charge in [-0.25, -0.2) is 0 Å². The summed E-state index contributed by atoms with van der Waals surface area (Å²) in [5.41, 5.74) is 7.91. The summed E-state index contributed by atoms with van der Waals surface area (Å²) >= 11 is 0. The lowest BCUT2D eigenvalue weighted by molar-refractivity contribution is 0.376. The van der Waals surface area contributed by atoms with Crippen molar-refractivity contribution < 1.29 is 18.9 Å². The Morgan fingerprint density at radius 2 is 1.64 bits per heavy atom. The topological polar surface area (TPSA) is 86.7 Å². The number of rotatable bonds is 4. The number of benzene rings is 2. The highest BCUT2D eigenvalue weighted by molar-refractivity contribution is 5.60. The van der Waals surface area contributed by atoms with E-state index in [4.69, 9.17) is 24.7 Å². The number of nitrogens with two attached hydrogens (primary N) is 1. The van der Waals surface area contributed by atoms with Crippen LogP contribution < -0.4 is 24.7 Å². The first kappa shape index (κ1) is 16.5. The Bertz CT molecular complexity index is 883. The van der Waals surface area contributed by atoms with Crippen LogP contribution in [0.5, 0.6) is 23.0 Å². The molecule has 1 heterocycles. The van der Waals surface area contributed by atoms with Gasteiger partial charge in [0.1, 0.15) is 34.6 Å². The van der Waals surface area contributed by atoms with Gasteiger partial charge in [-0.05, 0) is 24.3 Å². The number of nitriles is 1. The van der Waals surface area contributed by atoms with E-state index in [0.29, 0.717) is 28.6 Å². The minimum Gasteiger partial charge on any atom is -0.497 e. The van der Waals surface area contributed by atoms with E-state index >= 15 is 0 Å². The molecule has 6 heteroatoms. The number of methoxy groups -OCH3 is 3. The summed E-state index contributed by atoms with van der Waals surface area (Å²) in [5.74, 6) is 2.13. The summed E-state index contributed by atoms with van der Waals surface area (Å²) < 4.78 is 21.7. The Balaban J connectivity index is 2.25. The number of nitrogens with zero attached hydrogens (tertiary/aromatic N) is 1. The first-order chi connectivity index (χ1) is 12.1. The first-order valence-corrected chi connectivity index (χ1v) is 7.60. The molecule has 1 atom stereocenters. The molecular formula is C19H18N2O4. The number of hydrogen-bond donors (Lipinski definition) is 1. The summed E-state index contributed by atoms with van der Waals surface area (Å²) in [6, 6.07) is 13.0. The van der Waals surface area contributed by atoms with Crippen LogP contribution in [0.3, 0.4) is 0 Å². The van der Waals surface area contributed by atoms with Gasteiger partial charge in [0.2, 0.25) is 5.88 Å². The molecule has 0 saturated heterocycles. The highest BCUT2D eigenvalue weighted by atomic mass is 16.5. The molecule has 2 N–H and O–H groups in total. The fourth-order valence-electron chi connectivity index (χ4n) is 2.95. The largest absolute Gasteiger partial charge is 0.497 e. The second-order valence-corrected chi connectivity index (χ2v) is 5.44. The molecule has 0 bridgehead atoms. The van der Waals surface area contributed by atoms with Crippen LogP contribution in [0, 0.1) is 11.3 Å². The highest BCUT2D eigenvalue weighted by Crippen LogP contribution is 2.46. The van der Waals surface area contributed by atoms with Crippen molar-refractivity contribution in [3.8, 4) is 29.1 Å². The van der Waals surface area contributed by atoms with E-state index in [1.807, 2.05) is 18.2 Å². The molecule has 0 aliphatic carbocycles. The van der Waals surface area contributed by atoms with Crippen molar-refractivity contribution in [2.45, 2.75) is 5.92 Å². The molecule has 6 nitrogen and oxygen atoms in total. The van der Waals surface area contributed by atoms with Gasteiger partial charge < -0.3 is 24.7 Å². The third-order valence-electron chi connectivity index (χ3n) is 4.17. The van der Waals surface area contributed by atoms with E-state index in [9.17, 15) is 5.26 Å². The van der Waals surface area contributed by atoms with Gasteiger partial charge in [-0.1, -0.05) is 6.07 Å². The van der Waals surface area contributed by atoms with Gasteiger partial charge in [-0.2, -0.15) is 5.26 Å². The molecule has 0 unspecified atom stereocenters. The van der Waals surface area contributed by atoms with E-state index in [-0.39, 0.29) is 5.88 Å². The van der Waals surface area contributed by atoms with Crippen LogP contribution in [-0.4, -0.2) is 21.3 Å². The number of ether oxygens (including phenoxy) is 4. The van der Waals surface area contributed by atoms with Crippen molar-refractivity contribution in [1.82, 2.24) is 0 Å². The zero-order chi connectivity index (χ0) is 18.0. The summed E-state index contributed by atoms with van der Waals surface area (Å²) in [5, 5.41) is 9.64. The Kier molecular flexibility index (Phi) is 4.40. The van der Waals surface area contributed by atoms with Crippen LogP contribution in [0.4, 0.5) is 0 Å². The molecular weight excluding hydrogens is 320 g/mol. The zero-order valence-electron chi connectivity index (χ0n) is 14.2. The zero-order valence-corrected chi connectivity index (χ0v) is 14.2. The van der Waals surface area contributed by atoms with Gasteiger partial charge in [-0.15, -0.1) is 0 Å². The molecule has 1 aliphatic heterocycles. The molecule has 128 valence electrons. The molecule has 0 fully saturated rings. The molecule has 3 rings (SSSR count). The van der Waals surface area contributed by atoms with Crippen molar-refractivity contribution in [1.29, 1.82) is 5.26 Å². The number of fused-ring (bicyclic) bond motifs is 1. The predicted molar refractivity (Wildman–Crippen MR) is 91.8 cm³/mol. The lowest BCUT2D eigenvalue weighted by atomic mass is 9.83. The van der Waals surface area contributed by atoms with Crippen molar-refractivity contribution in [2.75, 3.05) is 21.3 Å². The third-order valence-corrected chi connectivity index (χ3v) is 4.17. The second kappa shape index (κ2) is 6.65. The molecule has 2 aromatic carbocycles. The van der Waals surface area contributed by atoms with E-state index in [0.717, 1.165) is 11.1 Å². The average Bonchev–Trinajstić information content (AvgIpc) is 2.65. The van der Waals surface area contributed by atoms with Gasteiger partial charge in [0.15, 0.2) is 0 Å². The van der Waals surface area contributed by atoms with E-state index in [1.54, 1.807) is 39.5 Å². The van der Waals surface area contributed by atoms with Crippen LogP contribution >= 0.6 is 0 Å². The van der Waals surface area contributed by atoms with E-state index in [1.165, 1.54) is 0 Å². The molecule has 2 aromatic rings. The minimum atomic E-state index is -0.426. The number of hydrogen-bond acceptors (Lipinski definition) is 6. The fourth-order valence-corrected chi connectivity index (χ4v) is 2.95. The SMILES string of the molecule is COc1ccc2c(c1)OC(N)=C(C#N)[C@@H]2c1cc(OC)ccc1OC. The first-order valence-electron chi connectivity index (χ1n) is 7.60. The van der Waals surface area contributed by atoms with Crippen LogP contribution in [0.1, 0.15) is 17.0 Å². The Morgan fingerprint density at radius 3 is 2.28 bits per heavy atom. The van der Waals surface area contributed by atoms with Gasteiger partial charge in [0.25, 0.3) is 0 Å². The summed E-state index contributed by atoms with van der Waals surface area (Å²) in [6.07, 6.45) is 0. The molecule has 1 aliphatic rings. The maximum Gasteiger partial charge on any atom is 0.205 e. The minimum absolute atomic E-state index is 0.0677. The lowest BCUT2D eigenvalue weighted by Gasteiger charge is -2.28. The smallest absolute Gasteiger partial charge is 0.205 e. The fraction of sp³-hybridized carbons (Fsp3) is 0.211. The Hall–Kier alpha value is -3.33. The standard InChI is InChI=1S/C19H18N2O4/c1-22-11-5-7-16(24-3)14(8-11)18-13-6-4-12(23-2)9-17(13)25-19(21)15(18)10-20/h4-9,18H,21H2,1-3H3/t18-/m0/s1. The summed E-state index contributed by atoms with van der Waals surface area (Å²) in [7, 11) is 4.75. The van der Waals surface area contributed by atoms with Gasteiger partial charge in [0, 0.05) is 17.2 Å². The van der Waals surface area contributed by atoms with Gasteiger partial charge in [0.05, 0.1) is 27.2 Å². The van der Waals surface area contributed by atoms with Crippen LogP contribution in [0.25, 0.3) is 0 Å². The normalized spacial score (nSPS) is 15.7. The van der Waals surface area contributed by atoms with Crippen LogP contribution in [0.15, 0.2) is 47.9 Å². The summed E-state index contributed by atoms with van der Waals surface area (Å²) in [6.45, 7) is 0. The molecule has 0 radical (unpaired) electrons. The molecule has 0 aromatic heterocycles. The van der Waals surface area contributed by atoms with Crippen molar-refractivity contribution in [2.24, 2.45) is 5.73 Å². The highest BCUT2D eigenvalue weighted by Gasteiger charge is 2.33. The van der Waals surface area contributed by atoms with Gasteiger partial charge >= 0.3 is 0 Å². The maximum absolute atomic E-state index is 9.64. The third kappa shape index (κ3) is 2.81. The maximum atomic E-state index is 9.64. The van der Waals surface area contributed by atoms with Gasteiger partial charge in [-0.3, -0.25) is 0 Å². The van der Waals surface area contributed by atoms with E-state index in [2.05, 4.69) is 6.07 Å². The van der Waals surface area contributed by atoms with Crippen LogP contribution in [-0.2, 0) is 0 Å². The molecule has 25 heavy (non-hydrogen) atoms. The van der Waals surface area contributed by atoms with Crippen molar-refractivity contribution in [3.05, 3.63) is 59.0 Å². The monoisotopic (exact) mass is 338 g/mol. The second-order valence-electron chi connectivity index (χ2n) is 5.44. The van der Waals surface area contributed by atoms with Crippen molar-refractivity contribution in [3.63, 3.8) is 0 Å². The predicted octanol–water partition coefficient (Wildman–Crippen LogP) is 2.93. The van der Waals surface area contributed by atoms with E-state index < -0.39 is 5.92 Å². The lowest BCUT2D eigenvalue weighted by Crippen LogP contribution is -2.21. The quantitative estimate of drug-likeness (QED) is 0.922.